The van der Waals surface area contributed by atoms with Gasteiger partial charge in [-0.25, -0.2) is 4.39 Å². The number of H-pyrrole nitrogens is 1. The summed E-state index contributed by atoms with van der Waals surface area (Å²) in [5, 5.41) is 1.00. The van der Waals surface area contributed by atoms with Gasteiger partial charge >= 0.3 is 0 Å². The van der Waals surface area contributed by atoms with Crippen molar-refractivity contribution >= 4 is 10.9 Å². The Hall–Kier alpha value is -1.35. The number of benzene rings is 1. The van der Waals surface area contributed by atoms with E-state index < -0.39 is 0 Å². The van der Waals surface area contributed by atoms with Crippen molar-refractivity contribution in [2.75, 3.05) is 6.54 Å². The summed E-state index contributed by atoms with van der Waals surface area (Å²) in [7, 11) is 0. The normalized spacial score (nSPS) is 18.8. The van der Waals surface area contributed by atoms with Crippen molar-refractivity contribution in [3.8, 4) is 0 Å². The molecule has 0 amide bonds. The zero-order chi connectivity index (χ0) is 13.2. The fraction of sp³-hybridized carbons (Fsp3) is 0.500. The molecular weight excluding hydrogens is 239 g/mol. The van der Waals surface area contributed by atoms with Crippen LogP contribution in [0.25, 0.3) is 10.9 Å². The molecule has 1 aliphatic carbocycles. The van der Waals surface area contributed by atoms with Gasteiger partial charge in [-0.15, -0.1) is 0 Å². The van der Waals surface area contributed by atoms with Crippen molar-refractivity contribution in [3.63, 3.8) is 0 Å². The highest BCUT2D eigenvalue weighted by atomic mass is 19.1. The third kappa shape index (κ3) is 2.39. The summed E-state index contributed by atoms with van der Waals surface area (Å²) < 4.78 is 13.5. The molecule has 1 unspecified atom stereocenters. The Kier molecular flexibility index (Phi) is 3.56. The molecule has 0 aliphatic heterocycles. The molecule has 1 atom stereocenters. The average molecular weight is 260 g/mol. The van der Waals surface area contributed by atoms with Crippen LogP contribution in [0.3, 0.4) is 0 Å². The van der Waals surface area contributed by atoms with Crippen LogP contribution in [0.1, 0.15) is 43.6 Å². The summed E-state index contributed by atoms with van der Waals surface area (Å²) >= 11 is 0. The molecule has 102 valence electrons. The molecule has 0 radical (unpaired) electrons. The van der Waals surface area contributed by atoms with E-state index in [0.717, 1.165) is 10.9 Å². The van der Waals surface area contributed by atoms with E-state index in [0.29, 0.717) is 18.4 Å². The molecule has 0 saturated heterocycles. The lowest BCUT2D eigenvalue weighted by Crippen LogP contribution is -2.23. The van der Waals surface area contributed by atoms with Crippen molar-refractivity contribution in [1.82, 2.24) is 4.98 Å². The van der Waals surface area contributed by atoms with Crippen LogP contribution < -0.4 is 5.73 Å². The van der Waals surface area contributed by atoms with Gasteiger partial charge in [0.15, 0.2) is 0 Å². The lowest BCUT2D eigenvalue weighted by molar-refractivity contribution is 0.308. The minimum absolute atomic E-state index is 0.173. The maximum atomic E-state index is 13.5. The topological polar surface area (TPSA) is 41.8 Å². The minimum atomic E-state index is -0.173. The Balaban J connectivity index is 1.98. The monoisotopic (exact) mass is 260 g/mol. The van der Waals surface area contributed by atoms with E-state index in [1.807, 2.05) is 12.3 Å². The van der Waals surface area contributed by atoms with Gasteiger partial charge in [0.05, 0.1) is 0 Å². The maximum Gasteiger partial charge on any atom is 0.123 e. The summed E-state index contributed by atoms with van der Waals surface area (Å²) in [4.78, 5) is 3.25. The molecule has 1 heterocycles. The Morgan fingerprint density at radius 3 is 2.79 bits per heavy atom. The number of aromatic nitrogens is 1. The minimum Gasteiger partial charge on any atom is -0.361 e. The SMILES string of the molecule is NCC(c1c[nH]c2ccc(F)cc12)C1CCCCC1. The Morgan fingerprint density at radius 1 is 1.26 bits per heavy atom. The van der Waals surface area contributed by atoms with E-state index in [2.05, 4.69) is 4.98 Å². The summed E-state index contributed by atoms with van der Waals surface area (Å²) in [6, 6.07) is 4.94. The number of halogens is 1. The quantitative estimate of drug-likeness (QED) is 0.862. The second-order valence-electron chi connectivity index (χ2n) is 5.67. The molecule has 1 aliphatic rings. The molecule has 1 aromatic carbocycles. The zero-order valence-corrected chi connectivity index (χ0v) is 11.2. The lowest BCUT2D eigenvalue weighted by Gasteiger charge is -2.29. The maximum absolute atomic E-state index is 13.5. The molecule has 1 saturated carbocycles. The van der Waals surface area contributed by atoms with Gasteiger partial charge in [-0.05, 0) is 49.1 Å². The summed E-state index contributed by atoms with van der Waals surface area (Å²) in [5.74, 6) is 0.838. The van der Waals surface area contributed by atoms with Gasteiger partial charge in [0.25, 0.3) is 0 Å². The van der Waals surface area contributed by atoms with Crippen LogP contribution in [0.15, 0.2) is 24.4 Å². The zero-order valence-electron chi connectivity index (χ0n) is 11.2. The predicted octanol–water partition coefficient (Wildman–Crippen LogP) is 3.93. The average Bonchev–Trinajstić information content (AvgIpc) is 2.84. The number of rotatable bonds is 3. The molecule has 2 aromatic rings. The van der Waals surface area contributed by atoms with E-state index in [9.17, 15) is 4.39 Å². The molecule has 0 bridgehead atoms. The first-order valence-corrected chi connectivity index (χ1v) is 7.26. The van der Waals surface area contributed by atoms with Crippen LogP contribution in [0.2, 0.25) is 0 Å². The Morgan fingerprint density at radius 2 is 2.05 bits per heavy atom. The fourth-order valence-electron chi connectivity index (χ4n) is 3.53. The number of fused-ring (bicyclic) bond motifs is 1. The second kappa shape index (κ2) is 5.33. The van der Waals surface area contributed by atoms with Gasteiger partial charge in [0.2, 0.25) is 0 Å². The van der Waals surface area contributed by atoms with Gasteiger partial charge in [-0.2, -0.15) is 0 Å². The van der Waals surface area contributed by atoms with E-state index in [-0.39, 0.29) is 5.82 Å². The summed E-state index contributed by atoms with van der Waals surface area (Å²) in [5.41, 5.74) is 8.22. The second-order valence-corrected chi connectivity index (χ2v) is 5.67. The fourth-order valence-corrected chi connectivity index (χ4v) is 3.53. The molecule has 3 rings (SSSR count). The molecule has 3 heteroatoms. The predicted molar refractivity (Wildman–Crippen MR) is 76.6 cm³/mol. The van der Waals surface area contributed by atoms with E-state index in [1.54, 1.807) is 6.07 Å². The van der Waals surface area contributed by atoms with Gasteiger partial charge in [-0.3, -0.25) is 0 Å². The smallest absolute Gasteiger partial charge is 0.123 e. The standard InChI is InChI=1S/C16H21FN2/c17-12-6-7-16-13(8-12)15(10-19-16)14(9-18)11-4-2-1-3-5-11/h6-8,10-11,14,19H,1-5,9,18H2. The highest BCUT2D eigenvalue weighted by molar-refractivity contribution is 5.83. The highest BCUT2D eigenvalue weighted by Crippen LogP contribution is 2.38. The van der Waals surface area contributed by atoms with Gasteiger partial charge < -0.3 is 10.7 Å². The molecule has 3 N–H and O–H groups in total. The molecule has 0 spiro atoms. The van der Waals surface area contributed by atoms with Crippen LogP contribution >= 0.6 is 0 Å². The van der Waals surface area contributed by atoms with Crippen molar-refractivity contribution in [2.24, 2.45) is 11.7 Å². The van der Waals surface area contributed by atoms with Crippen molar-refractivity contribution in [2.45, 2.75) is 38.0 Å². The van der Waals surface area contributed by atoms with E-state index in [1.165, 1.54) is 43.7 Å². The number of hydrogen-bond acceptors (Lipinski definition) is 1. The molecule has 2 nitrogen and oxygen atoms in total. The van der Waals surface area contributed by atoms with E-state index >= 15 is 0 Å². The molecule has 19 heavy (non-hydrogen) atoms. The van der Waals surface area contributed by atoms with Crippen LogP contribution in [0.4, 0.5) is 4.39 Å². The highest BCUT2D eigenvalue weighted by Gasteiger charge is 2.25. The number of aromatic amines is 1. The van der Waals surface area contributed by atoms with Crippen LogP contribution in [-0.4, -0.2) is 11.5 Å². The third-order valence-corrected chi connectivity index (χ3v) is 4.55. The van der Waals surface area contributed by atoms with Crippen LogP contribution in [0.5, 0.6) is 0 Å². The van der Waals surface area contributed by atoms with E-state index in [4.69, 9.17) is 5.73 Å². The largest absolute Gasteiger partial charge is 0.361 e. The summed E-state index contributed by atoms with van der Waals surface area (Å²) in [6.45, 7) is 0.647. The van der Waals surface area contributed by atoms with Crippen LogP contribution in [0, 0.1) is 11.7 Å². The number of nitrogens with two attached hydrogens (primary N) is 1. The first kappa shape index (κ1) is 12.7. The Bertz CT molecular complexity index is 555. The van der Waals surface area contributed by atoms with Crippen LogP contribution in [-0.2, 0) is 0 Å². The van der Waals surface area contributed by atoms with Crippen molar-refractivity contribution < 1.29 is 4.39 Å². The molecule has 1 aromatic heterocycles. The molecular formula is C16H21FN2. The first-order valence-electron chi connectivity index (χ1n) is 7.26. The molecule has 1 fully saturated rings. The lowest BCUT2D eigenvalue weighted by atomic mass is 9.77. The number of nitrogens with one attached hydrogen (secondary N) is 1. The van der Waals surface area contributed by atoms with Crippen molar-refractivity contribution in [1.29, 1.82) is 0 Å². The van der Waals surface area contributed by atoms with Crippen molar-refractivity contribution in [3.05, 3.63) is 35.8 Å². The third-order valence-electron chi connectivity index (χ3n) is 4.55. The van der Waals surface area contributed by atoms with Gasteiger partial charge in [0.1, 0.15) is 5.82 Å². The Labute approximate surface area is 113 Å². The first-order chi connectivity index (χ1) is 9.29. The number of hydrogen-bond donors (Lipinski definition) is 2. The van der Waals surface area contributed by atoms with Gasteiger partial charge in [0, 0.05) is 23.0 Å². The summed E-state index contributed by atoms with van der Waals surface area (Å²) in [6.07, 6.45) is 8.48. The van der Waals surface area contributed by atoms with Gasteiger partial charge in [-0.1, -0.05) is 19.3 Å².